The average molecular weight is 534 g/mol. The Morgan fingerprint density at radius 3 is 2.50 bits per heavy atom. The minimum absolute atomic E-state index is 0.231. The van der Waals surface area contributed by atoms with Crippen molar-refractivity contribution in [1.29, 1.82) is 0 Å². The summed E-state index contributed by atoms with van der Waals surface area (Å²) in [6.45, 7) is 0.231. The Kier molecular flexibility index (Phi) is 4.98. The van der Waals surface area contributed by atoms with Gasteiger partial charge in [-0.3, -0.25) is 14.5 Å². The molecule has 0 spiro atoms. The fourth-order valence-corrected chi connectivity index (χ4v) is 6.95. The number of halogens is 2. The third-order valence-electron chi connectivity index (χ3n) is 7.61. The zero-order chi connectivity index (χ0) is 23.5. The summed E-state index contributed by atoms with van der Waals surface area (Å²) in [5, 5.41) is 3.77. The Morgan fingerprint density at radius 2 is 1.71 bits per heavy atom. The number of carbonyl (C=O) groups excluding carboxylic acids is 2. The third-order valence-corrected chi connectivity index (χ3v) is 8.56. The highest BCUT2D eigenvalue weighted by atomic mass is 79.9. The summed E-state index contributed by atoms with van der Waals surface area (Å²) in [6.07, 6.45) is 3.78. The fourth-order valence-electron chi connectivity index (χ4n) is 6.19. The number of hydrogen-bond acceptors (Lipinski definition) is 3. The van der Waals surface area contributed by atoms with Gasteiger partial charge in [-0.1, -0.05) is 76.1 Å². The van der Waals surface area contributed by atoms with Crippen LogP contribution < -0.4 is 5.32 Å². The van der Waals surface area contributed by atoms with Gasteiger partial charge in [0.15, 0.2) is 0 Å². The van der Waals surface area contributed by atoms with E-state index in [-0.39, 0.29) is 23.9 Å². The molecule has 6 heteroatoms. The molecule has 3 aromatic rings. The predicted molar refractivity (Wildman–Crippen MR) is 138 cm³/mol. The molecule has 0 bridgehead atoms. The van der Waals surface area contributed by atoms with Crippen LogP contribution >= 0.6 is 27.5 Å². The van der Waals surface area contributed by atoms with Crippen molar-refractivity contribution in [2.24, 2.45) is 0 Å². The number of benzene rings is 3. The molecule has 6 rings (SSSR count). The average Bonchev–Trinajstić information content (AvgIpc) is 3.42. The highest BCUT2D eigenvalue weighted by molar-refractivity contribution is 9.10. The van der Waals surface area contributed by atoms with E-state index >= 15 is 0 Å². The normalized spacial score (nSPS) is 25.9. The maximum Gasteiger partial charge on any atom is 0.261 e. The second-order valence-electron chi connectivity index (χ2n) is 9.14. The molecule has 2 atom stereocenters. The smallest absolute Gasteiger partial charge is 0.261 e. The second kappa shape index (κ2) is 7.82. The van der Waals surface area contributed by atoms with Crippen LogP contribution in [0.2, 0.25) is 0 Å². The molecule has 0 saturated heterocycles. The van der Waals surface area contributed by atoms with Crippen LogP contribution in [0.3, 0.4) is 0 Å². The molecule has 170 valence electrons. The van der Waals surface area contributed by atoms with Crippen molar-refractivity contribution in [3.63, 3.8) is 0 Å². The summed E-state index contributed by atoms with van der Waals surface area (Å²) >= 11 is 10.1. The predicted octanol–water partition coefficient (Wildman–Crippen LogP) is 6.15. The molecular formula is C28H22BrClN2O2. The van der Waals surface area contributed by atoms with Crippen LogP contribution in [0.4, 0.5) is 5.69 Å². The lowest BCUT2D eigenvalue weighted by molar-refractivity contribution is 0.0671. The van der Waals surface area contributed by atoms with E-state index < -0.39 is 5.41 Å². The molecule has 3 aromatic carbocycles. The molecule has 1 N–H and O–H groups in total. The van der Waals surface area contributed by atoms with E-state index in [1.54, 1.807) is 18.2 Å². The van der Waals surface area contributed by atoms with E-state index in [4.69, 9.17) is 11.6 Å². The number of imide groups is 1. The van der Waals surface area contributed by atoms with Gasteiger partial charge in [0, 0.05) is 22.6 Å². The lowest BCUT2D eigenvalue weighted by Gasteiger charge is -2.41. The molecule has 4 nitrogen and oxygen atoms in total. The number of amides is 2. The molecule has 1 aliphatic carbocycles. The van der Waals surface area contributed by atoms with Gasteiger partial charge in [0.25, 0.3) is 11.8 Å². The van der Waals surface area contributed by atoms with Crippen LogP contribution in [0, 0.1) is 0 Å². The van der Waals surface area contributed by atoms with E-state index in [9.17, 15) is 9.59 Å². The number of rotatable bonds is 4. The SMILES string of the molecule is O=C1c2ccc(Br)cc2C(=O)N1C/C=C1\CC[C@]2(CCl)Nc3ccccc3[C@]12c1ccccc1. The van der Waals surface area contributed by atoms with Crippen molar-refractivity contribution in [3.8, 4) is 0 Å². The van der Waals surface area contributed by atoms with Crippen molar-refractivity contribution in [3.05, 3.63) is 111 Å². The lowest BCUT2D eigenvalue weighted by atomic mass is 9.64. The van der Waals surface area contributed by atoms with E-state index in [0.717, 1.165) is 23.0 Å². The summed E-state index contributed by atoms with van der Waals surface area (Å²) in [7, 11) is 0. The van der Waals surface area contributed by atoms with Crippen molar-refractivity contribution in [2.45, 2.75) is 23.8 Å². The van der Waals surface area contributed by atoms with E-state index in [1.165, 1.54) is 21.6 Å². The Morgan fingerprint density at radius 1 is 0.971 bits per heavy atom. The number of nitrogens with zero attached hydrogens (tertiary/aromatic N) is 1. The summed E-state index contributed by atoms with van der Waals surface area (Å²) in [6, 6.07) is 24.0. The fraction of sp³-hybridized carbons (Fsp3) is 0.214. The van der Waals surface area contributed by atoms with E-state index in [1.807, 2.05) is 12.1 Å². The van der Waals surface area contributed by atoms with Crippen molar-refractivity contribution in [2.75, 3.05) is 17.7 Å². The molecule has 3 aliphatic rings. The first-order valence-corrected chi connectivity index (χ1v) is 12.7. The molecule has 2 aliphatic heterocycles. The Hall–Kier alpha value is -2.89. The van der Waals surface area contributed by atoms with Gasteiger partial charge in [-0.25, -0.2) is 0 Å². The van der Waals surface area contributed by atoms with Gasteiger partial charge >= 0.3 is 0 Å². The zero-order valence-corrected chi connectivity index (χ0v) is 20.7. The van der Waals surface area contributed by atoms with Crippen LogP contribution in [-0.4, -0.2) is 34.7 Å². The molecule has 0 unspecified atom stereocenters. The first kappa shape index (κ1) is 21.6. The quantitative estimate of drug-likeness (QED) is 0.248. The topological polar surface area (TPSA) is 49.4 Å². The highest BCUT2D eigenvalue weighted by Crippen LogP contribution is 2.63. The van der Waals surface area contributed by atoms with Gasteiger partial charge in [0.05, 0.1) is 22.1 Å². The first-order chi connectivity index (χ1) is 16.5. The molecule has 0 aromatic heterocycles. The monoisotopic (exact) mass is 532 g/mol. The second-order valence-corrected chi connectivity index (χ2v) is 10.3. The number of alkyl halides is 1. The summed E-state index contributed by atoms with van der Waals surface area (Å²) in [5.74, 6) is -0.0577. The molecule has 1 fully saturated rings. The zero-order valence-electron chi connectivity index (χ0n) is 18.4. The van der Waals surface area contributed by atoms with Crippen molar-refractivity contribution >= 4 is 45.0 Å². The number of fused-ring (bicyclic) bond motifs is 4. The maximum absolute atomic E-state index is 13.1. The molecule has 2 amide bonds. The summed E-state index contributed by atoms with van der Waals surface area (Å²) in [4.78, 5) is 27.5. The molecule has 0 radical (unpaired) electrons. The highest BCUT2D eigenvalue weighted by Gasteiger charge is 2.63. The number of hydrogen-bond donors (Lipinski definition) is 1. The summed E-state index contributed by atoms with van der Waals surface area (Å²) in [5.41, 5.74) is 4.70. The number of carbonyl (C=O) groups is 2. The van der Waals surface area contributed by atoms with Gasteiger partial charge < -0.3 is 5.32 Å². The van der Waals surface area contributed by atoms with Gasteiger partial charge in [0.2, 0.25) is 0 Å². The van der Waals surface area contributed by atoms with Gasteiger partial charge in [-0.05, 0) is 48.2 Å². The largest absolute Gasteiger partial charge is 0.377 e. The van der Waals surface area contributed by atoms with E-state index in [2.05, 4.69) is 69.8 Å². The van der Waals surface area contributed by atoms with Gasteiger partial charge in [0.1, 0.15) is 0 Å². The number of nitrogens with one attached hydrogen (secondary N) is 1. The maximum atomic E-state index is 13.1. The van der Waals surface area contributed by atoms with Crippen molar-refractivity contribution < 1.29 is 9.59 Å². The van der Waals surface area contributed by atoms with Crippen LogP contribution in [0.1, 0.15) is 44.7 Å². The van der Waals surface area contributed by atoms with Crippen LogP contribution in [0.5, 0.6) is 0 Å². The minimum atomic E-state index is -0.464. The molecule has 34 heavy (non-hydrogen) atoms. The molecular weight excluding hydrogens is 512 g/mol. The van der Waals surface area contributed by atoms with Crippen LogP contribution in [0.25, 0.3) is 0 Å². The Labute approximate surface area is 211 Å². The van der Waals surface area contributed by atoms with Crippen LogP contribution in [0.15, 0.2) is 88.9 Å². The van der Waals surface area contributed by atoms with Crippen LogP contribution in [-0.2, 0) is 5.41 Å². The Bertz CT molecular complexity index is 1370. The Balaban J connectivity index is 1.47. The third kappa shape index (κ3) is 2.77. The van der Waals surface area contributed by atoms with Gasteiger partial charge in [-0.15, -0.1) is 11.6 Å². The first-order valence-electron chi connectivity index (χ1n) is 11.4. The van der Waals surface area contributed by atoms with Crippen molar-refractivity contribution in [1.82, 2.24) is 4.90 Å². The summed E-state index contributed by atoms with van der Waals surface area (Å²) < 4.78 is 0.784. The molecule has 1 saturated carbocycles. The number of anilines is 1. The number of para-hydroxylation sites is 1. The van der Waals surface area contributed by atoms with E-state index in [0.29, 0.717) is 17.0 Å². The standard InChI is InChI=1S/C28H22BrClN2O2/c29-20-10-11-21-22(16-20)26(34)32(25(21)33)15-13-19-12-14-27(17-30)28(19,18-6-2-1-3-7-18)23-8-4-5-9-24(23)31-27/h1-11,13,16,31H,12,14-15,17H2/b19-13+/t27-,28+/m1/s1. The minimum Gasteiger partial charge on any atom is -0.377 e. The lowest BCUT2D eigenvalue weighted by Crippen LogP contribution is -2.51. The molecule has 2 heterocycles. The van der Waals surface area contributed by atoms with Gasteiger partial charge in [-0.2, -0.15) is 0 Å².